The number of benzene rings is 2. The second kappa shape index (κ2) is 6.72. The summed E-state index contributed by atoms with van der Waals surface area (Å²) in [5.74, 6) is -0.487. The van der Waals surface area contributed by atoms with E-state index >= 15 is 0 Å². The number of fused-ring (bicyclic) bond motifs is 2. The standard InChI is InChI=1S/C23H23N3O3/c27-20(25-14-6-11-19(25)17-8-2-1-3-9-17)15-26-21(28)23(24-22(26)29)13-12-16-7-4-5-10-18(16)23/h1-5,7-10,19H,6,11-15H2,(H,24,29). The summed E-state index contributed by atoms with van der Waals surface area (Å²) >= 11 is 0. The summed E-state index contributed by atoms with van der Waals surface area (Å²) in [5.41, 5.74) is 2.02. The van der Waals surface area contributed by atoms with Crippen molar-refractivity contribution in [2.45, 2.75) is 37.3 Å². The van der Waals surface area contributed by atoms with Crippen molar-refractivity contribution in [3.05, 3.63) is 71.3 Å². The Morgan fingerprint density at radius 2 is 1.83 bits per heavy atom. The van der Waals surface area contributed by atoms with E-state index in [2.05, 4.69) is 5.32 Å². The summed E-state index contributed by atoms with van der Waals surface area (Å²) in [5, 5.41) is 2.89. The van der Waals surface area contributed by atoms with E-state index in [-0.39, 0.29) is 24.4 Å². The van der Waals surface area contributed by atoms with Crippen molar-refractivity contribution >= 4 is 17.8 Å². The fourth-order valence-electron chi connectivity index (χ4n) is 5.05. The van der Waals surface area contributed by atoms with Gasteiger partial charge in [-0.05, 0) is 42.4 Å². The van der Waals surface area contributed by atoms with Crippen molar-refractivity contribution in [2.24, 2.45) is 0 Å². The molecule has 0 aromatic heterocycles. The number of hydrogen-bond acceptors (Lipinski definition) is 3. The molecule has 4 amide bonds. The summed E-state index contributed by atoms with van der Waals surface area (Å²) in [6.07, 6.45) is 3.10. The number of hydrogen-bond donors (Lipinski definition) is 1. The van der Waals surface area contributed by atoms with Gasteiger partial charge in [-0.1, -0.05) is 54.6 Å². The van der Waals surface area contributed by atoms with Crippen LogP contribution in [0, 0.1) is 0 Å². The van der Waals surface area contributed by atoms with Crippen LogP contribution in [0.1, 0.15) is 42.0 Å². The van der Waals surface area contributed by atoms with Gasteiger partial charge in [0, 0.05) is 6.54 Å². The third-order valence-corrected chi connectivity index (χ3v) is 6.47. The number of rotatable bonds is 3. The Morgan fingerprint density at radius 3 is 2.66 bits per heavy atom. The summed E-state index contributed by atoms with van der Waals surface area (Å²) in [6, 6.07) is 17.2. The SMILES string of the molecule is O=C1NC2(CCc3ccccc32)C(=O)N1CC(=O)N1CCCC1c1ccccc1. The predicted octanol–water partition coefficient (Wildman–Crippen LogP) is 2.74. The molecule has 0 saturated carbocycles. The predicted molar refractivity (Wildman–Crippen MR) is 107 cm³/mol. The molecule has 6 nitrogen and oxygen atoms in total. The van der Waals surface area contributed by atoms with Crippen LogP contribution in [0.5, 0.6) is 0 Å². The van der Waals surface area contributed by atoms with Crippen LogP contribution in [0.4, 0.5) is 4.79 Å². The summed E-state index contributed by atoms with van der Waals surface area (Å²) in [4.78, 5) is 41.9. The minimum Gasteiger partial charge on any atom is -0.334 e. The van der Waals surface area contributed by atoms with Crippen LogP contribution >= 0.6 is 0 Å². The monoisotopic (exact) mass is 389 g/mol. The van der Waals surface area contributed by atoms with Crippen LogP contribution in [-0.4, -0.2) is 40.7 Å². The fraction of sp³-hybridized carbons (Fsp3) is 0.348. The second-order valence-electron chi connectivity index (χ2n) is 8.04. The zero-order valence-electron chi connectivity index (χ0n) is 16.1. The molecular weight excluding hydrogens is 366 g/mol. The van der Waals surface area contributed by atoms with E-state index in [1.165, 1.54) is 0 Å². The van der Waals surface area contributed by atoms with E-state index < -0.39 is 11.6 Å². The Balaban J connectivity index is 1.37. The van der Waals surface area contributed by atoms with Crippen molar-refractivity contribution in [1.29, 1.82) is 0 Å². The van der Waals surface area contributed by atoms with Gasteiger partial charge in [-0.2, -0.15) is 0 Å². The smallest absolute Gasteiger partial charge is 0.325 e. The fourth-order valence-corrected chi connectivity index (χ4v) is 5.05. The van der Waals surface area contributed by atoms with Crippen LogP contribution in [0.25, 0.3) is 0 Å². The maximum absolute atomic E-state index is 13.3. The quantitative estimate of drug-likeness (QED) is 0.821. The number of urea groups is 1. The maximum atomic E-state index is 13.3. The molecule has 29 heavy (non-hydrogen) atoms. The van der Waals surface area contributed by atoms with E-state index in [0.29, 0.717) is 13.0 Å². The number of amides is 4. The minimum atomic E-state index is -1.02. The molecule has 2 aliphatic heterocycles. The molecule has 1 N–H and O–H groups in total. The van der Waals surface area contributed by atoms with Gasteiger partial charge < -0.3 is 10.2 Å². The van der Waals surface area contributed by atoms with E-state index in [4.69, 9.17) is 0 Å². The molecule has 2 atom stereocenters. The number of nitrogens with zero attached hydrogens (tertiary/aromatic N) is 2. The lowest BCUT2D eigenvalue weighted by molar-refractivity contribution is -0.139. The van der Waals surface area contributed by atoms with E-state index in [0.717, 1.165) is 40.9 Å². The molecule has 0 radical (unpaired) electrons. The number of aryl methyl sites for hydroxylation is 1. The van der Waals surface area contributed by atoms with Crippen molar-refractivity contribution in [3.8, 4) is 0 Å². The third kappa shape index (κ3) is 2.74. The summed E-state index contributed by atoms with van der Waals surface area (Å²) in [7, 11) is 0. The first-order valence-electron chi connectivity index (χ1n) is 10.2. The molecule has 3 aliphatic rings. The topological polar surface area (TPSA) is 69.7 Å². The molecule has 2 saturated heterocycles. The Hall–Kier alpha value is -3.15. The summed E-state index contributed by atoms with van der Waals surface area (Å²) < 4.78 is 0. The maximum Gasteiger partial charge on any atom is 0.325 e. The third-order valence-electron chi connectivity index (χ3n) is 6.47. The zero-order valence-corrected chi connectivity index (χ0v) is 16.1. The van der Waals surface area contributed by atoms with Gasteiger partial charge in [0.05, 0.1) is 6.04 Å². The van der Waals surface area contributed by atoms with Gasteiger partial charge in [0.15, 0.2) is 0 Å². The highest BCUT2D eigenvalue weighted by molar-refractivity contribution is 6.10. The van der Waals surface area contributed by atoms with Crippen LogP contribution in [0.2, 0.25) is 0 Å². The zero-order chi connectivity index (χ0) is 20.0. The van der Waals surface area contributed by atoms with Crippen molar-refractivity contribution in [2.75, 3.05) is 13.1 Å². The van der Waals surface area contributed by atoms with Crippen LogP contribution in [0.15, 0.2) is 54.6 Å². The average molecular weight is 389 g/mol. The van der Waals surface area contributed by atoms with Gasteiger partial charge in [0.1, 0.15) is 12.1 Å². The second-order valence-corrected chi connectivity index (χ2v) is 8.04. The van der Waals surface area contributed by atoms with E-state index in [9.17, 15) is 14.4 Å². The first-order valence-corrected chi connectivity index (χ1v) is 10.2. The first-order chi connectivity index (χ1) is 14.1. The molecule has 0 bridgehead atoms. The number of imide groups is 1. The number of likely N-dealkylation sites (tertiary alicyclic amines) is 1. The molecular formula is C23H23N3O3. The van der Waals surface area contributed by atoms with Crippen molar-refractivity contribution < 1.29 is 14.4 Å². The van der Waals surface area contributed by atoms with E-state index in [1.807, 2.05) is 59.5 Å². The number of carbonyl (C=O) groups excluding carboxylic acids is 3. The number of carbonyl (C=O) groups is 3. The molecule has 2 aromatic rings. The molecule has 6 heteroatoms. The molecule has 2 aromatic carbocycles. The Bertz CT molecular complexity index is 990. The van der Waals surface area contributed by atoms with Gasteiger partial charge in [-0.25, -0.2) is 4.79 Å². The van der Waals surface area contributed by atoms with Gasteiger partial charge in [0.2, 0.25) is 5.91 Å². The molecule has 2 heterocycles. The Labute approximate surface area is 169 Å². The highest BCUT2D eigenvalue weighted by Crippen LogP contribution is 2.41. The van der Waals surface area contributed by atoms with Gasteiger partial charge >= 0.3 is 6.03 Å². The highest BCUT2D eigenvalue weighted by atomic mass is 16.2. The van der Waals surface area contributed by atoms with Gasteiger partial charge in [-0.15, -0.1) is 0 Å². The van der Waals surface area contributed by atoms with Crippen LogP contribution in [-0.2, 0) is 21.5 Å². The lowest BCUT2D eigenvalue weighted by atomic mass is 9.92. The molecule has 2 unspecified atom stereocenters. The lowest BCUT2D eigenvalue weighted by Crippen LogP contribution is -2.44. The summed E-state index contributed by atoms with van der Waals surface area (Å²) in [6.45, 7) is 0.438. The van der Waals surface area contributed by atoms with Crippen LogP contribution in [0.3, 0.4) is 0 Å². The van der Waals surface area contributed by atoms with Gasteiger partial charge in [-0.3, -0.25) is 14.5 Å². The van der Waals surface area contributed by atoms with Gasteiger partial charge in [0.25, 0.3) is 5.91 Å². The first kappa shape index (κ1) is 17.9. The van der Waals surface area contributed by atoms with E-state index in [1.54, 1.807) is 0 Å². The molecule has 148 valence electrons. The molecule has 5 rings (SSSR count). The highest BCUT2D eigenvalue weighted by Gasteiger charge is 2.55. The van der Waals surface area contributed by atoms with Crippen molar-refractivity contribution in [1.82, 2.24) is 15.1 Å². The average Bonchev–Trinajstić information content (AvgIpc) is 3.43. The van der Waals surface area contributed by atoms with Crippen LogP contribution < -0.4 is 5.32 Å². The van der Waals surface area contributed by atoms with Crippen molar-refractivity contribution in [3.63, 3.8) is 0 Å². The molecule has 1 spiro atoms. The number of nitrogens with one attached hydrogen (secondary N) is 1. The molecule has 1 aliphatic carbocycles. The minimum absolute atomic E-state index is 0.00522. The Kier molecular flexibility index (Phi) is 4.15. The normalized spacial score (nSPS) is 25.6. The Morgan fingerprint density at radius 1 is 1.07 bits per heavy atom. The largest absolute Gasteiger partial charge is 0.334 e. The lowest BCUT2D eigenvalue weighted by Gasteiger charge is -2.27. The molecule has 2 fully saturated rings.